The minimum Gasteiger partial charge on any atom is -0.396 e. The van der Waals surface area contributed by atoms with Crippen molar-refractivity contribution in [2.75, 3.05) is 24.4 Å². The highest BCUT2D eigenvalue weighted by Crippen LogP contribution is 2.40. The molecule has 0 bridgehead atoms. The van der Waals surface area contributed by atoms with Gasteiger partial charge >= 0.3 is 0 Å². The Bertz CT molecular complexity index is 1150. The van der Waals surface area contributed by atoms with Crippen molar-refractivity contribution in [1.82, 2.24) is 4.90 Å². The van der Waals surface area contributed by atoms with Crippen molar-refractivity contribution < 1.29 is 23.4 Å². The topological polar surface area (TPSA) is 119 Å². The fraction of sp³-hybridized carbons (Fsp3) is 0.440. The quantitative estimate of drug-likeness (QED) is 0.549. The van der Waals surface area contributed by atoms with Crippen molar-refractivity contribution in [3.8, 4) is 0 Å². The Labute approximate surface area is 200 Å². The summed E-state index contributed by atoms with van der Waals surface area (Å²) >= 11 is 0. The van der Waals surface area contributed by atoms with E-state index in [1.54, 1.807) is 54.5 Å². The van der Waals surface area contributed by atoms with E-state index in [-0.39, 0.29) is 23.3 Å². The summed E-state index contributed by atoms with van der Waals surface area (Å²) in [6.45, 7) is 2.72. The van der Waals surface area contributed by atoms with E-state index in [4.69, 9.17) is 5.11 Å². The van der Waals surface area contributed by atoms with Gasteiger partial charge in [0.25, 0.3) is 15.9 Å². The predicted octanol–water partition coefficient (Wildman–Crippen LogP) is 2.64. The van der Waals surface area contributed by atoms with Gasteiger partial charge in [0.2, 0.25) is 0 Å². The van der Waals surface area contributed by atoms with Crippen molar-refractivity contribution in [1.29, 1.82) is 0 Å². The number of hydrogen-bond acceptors (Lipinski definition) is 6. The highest BCUT2D eigenvalue weighted by molar-refractivity contribution is 7.96. The summed E-state index contributed by atoms with van der Waals surface area (Å²) in [6, 6.07) is 6.37. The molecule has 4 rings (SSSR count). The number of nitrogens with one attached hydrogen (secondary N) is 1. The predicted molar refractivity (Wildman–Crippen MR) is 132 cm³/mol. The highest BCUT2D eigenvalue weighted by atomic mass is 32.2. The van der Waals surface area contributed by atoms with Crippen molar-refractivity contribution in [3.63, 3.8) is 0 Å². The SMILES string of the molecule is CC12N=CC=CC1C=CC=C2S(=O)(=O)Nc1ccc(C(=O)N2CCC(O)(CCCO)CC2)cc1. The number of hydrogen-bond donors (Lipinski definition) is 3. The van der Waals surface area contributed by atoms with E-state index in [1.807, 2.05) is 18.2 Å². The molecule has 1 fully saturated rings. The summed E-state index contributed by atoms with van der Waals surface area (Å²) in [5.74, 6) is -0.294. The Hall–Kier alpha value is -2.75. The maximum atomic E-state index is 13.2. The molecule has 1 saturated heterocycles. The van der Waals surface area contributed by atoms with Crippen LogP contribution in [0.3, 0.4) is 0 Å². The number of amides is 1. The van der Waals surface area contributed by atoms with E-state index in [9.17, 15) is 18.3 Å². The number of aliphatic hydroxyl groups excluding tert-OH is 1. The van der Waals surface area contributed by atoms with Crippen LogP contribution in [-0.2, 0) is 10.0 Å². The molecule has 0 saturated carbocycles. The standard InChI is InChI=1S/C25H31N3O5S/c1-24-20(6-3-15-26-24)5-2-7-22(24)34(32,33)27-21-10-8-19(9-11-21)23(30)28-16-13-25(31,14-17-28)12-4-18-29/h2-3,5-11,15,20,27,29,31H,4,12-14,16-18H2,1H3. The summed E-state index contributed by atoms with van der Waals surface area (Å²) in [6.07, 6.45) is 12.6. The lowest BCUT2D eigenvalue weighted by molar-refractivity contribution is -0.0266. The number of carbonyl (C=O) groups is 1. The second kappa shape index (κ2) is 9.48. The summed E-state index contributed by atoms with van der Waals surface area (Å²) in [7, 11) is -3.87. The van der Waals surface area contributed by atoms with Crippen LogP contribution in [0.25, 0.3) is 0 Å². The number of sulfonamides is 1. The van der Waals surface area contributed by atoms with Crippen molar-refractivity contribution in [2.45, 2.75) is 43.7 Å². The maximum Gasteiger partial charge on any atom is 0.260 e. The minimum atomic E-state index is -3.87. The maximum absolute atomic E-state index is 13.2. The second-order valence-electron chi connectivity index (χ2n) is 9.28. The van der Waals surface area contributed by atoms with Gasteiger partial charge in [-0.3, -0.25) is 14.5 Å². The molecule has 0 spiro atoms. The number of rotatable bonds is 7. The molecule has 1 amide bonds. The number of aliphatic hydroxyl groups is 2. The zero-order valence-electron chi connectivity index (χ0n) is 19.2. The Morgan fingerprint density at radius 1 is 1.18 bits per heavy atom. The largest absolute Gasteiger partial charge is 0.396 e. The Morgan fingerprint density at radius 3 is 2.53 bits per heavy atom. The monoisotopic (exact) mass is 485 g/mol. The molecule has 8 nitrogen and oxygen atoms in total. The highest BCUT2D eigenvalue weighted by Gasteiger charge is 2.43. The van der Waals surface area contributed by atoms with Gasteiger partial charge < -0.3 is 15.1 Å². The zero-order valence-corrected chi connectivity index (χ0v) is 20.0. The number of aliphatic imine (C=N–C) groups is 1. The van der Waals surface area contributed by atoms with Crippen LogP contribution in [0.2, 0.25) is 0 Å². The van der Waals surface area contributed by atoms with Gasteiger partial charge in [0.15, 0.2) is 0 Å². The first kappa shape index (κ1) is 24.4. The van der Waals surface area contributed by atoms with Gasteiger partial charge in [0.05, 0.1) is 10.5 Å². The molecule has 182 valence electrons. The number of dihydropyridines is 1. The number of likely N-dealkylation sites (tertiary alicyclic amines) is 1. The van der Waals surface area contributed by atoms with Crippen molar-refractivity contribution >= 4 is 27.8 Å². The molecule has 9 heteroatoms. The van der Waals surface area contributed by atoms with Gasteiger partial charge in [-0.25, -0.2) is 8.42 Å². The smallest absolute Gasteiger partial charge is 0.260 e. The zero-order chi connectivity index (χ0) is 24.4. The van der Waals surface area contributed by atoms with Crippen LogP contribution in [0.4, 0.5) is 5.69 Å². The molecular formula is C25H31N3O5S. The fourth-order valence-electron chi connectivity index (χ4n) is 4.77. The molecular weight excluding hydrogens is 454 g/mol. The van der Waals surface area contributed by atoms with Gasteiger partial charge in [-0.15, -0.1) is 0 Å². The molecule has 2 atom stereocenters. The number of carbonyl (C=O) groups excluding carboxylic acids is 1. The average Bonchev–Trinajstić information content (AvgIpc) is 2.82. The lowest BCUT2D eigenvalue weighted by Crippen LogP contribution is -2.46. The van der Waals surface area contributed by atoms with Crippen LogP contribution >= 0.6 is 0 Å². The van der Waals surface area contributed by atoms with E-state index in [0.717, 1.165) is 0 Å². The first-order valence-electron chi connectivity index (χ1n) is 11.5. The Morgan fingerprint density at radius 2 is 1.85 bits per heavy atom. The fourth-order valence-corrected chi connectivity index (χ4v) is 6.32. The molecule has 2 unspecified atom stereocenters. The van der Waals surface area contributed by atoms with Gasteiger partial charge in [-0.1, -0.05) is 18.2 Å². The van der Waals surface area contributed by atoms with E-state index < -0.39 is 21.2 Å². The number of benzene rings is 1. The third kappa shape index (κ3) is 4.87. The Kier molecular flexibility index (Phi) is 6.80. The molecule has 0 radical (unpaired) electrons. The first-order chi connectivity index (χ1) is 16.2. The van der Waals surface area contributed by atoms with Gasteiger partial charge in [-0.05, 0) is 69.0 Å². The molecule has 3 aliphatic rings. The van der Waals surface area contributed by atoms with Crippen molar-refractivity contribution in [3.05, 3.63) is 65.1 Å². The van der Waals surface area contributed by atoms with Crippen LogP contribution in [0.15, 0.2) is 64.5 Å². The van der Waals surface area contributed by atoms with Gasteiger partial charge in [0.1, 0.15) is 5.54 Å². The molecule has 0 aromatic heterocycles. The van der Waals surface area contributed by atoms with E-state index in [2.05, 4.69) is 9.71 Å². The summed E-state index contributed by atoms with van der Waals surface area (Å²) in [5, 5.41) is 19.6. The van der Waals surface area contributed by atoms with E-state index >= 15 is 0 Å². The molecule has 1 aliphatic carbocycles. The van der Waals surface area contributed by atoms with Crippen LogP contribution in [0.5, 0.6) is 0 Å². The van der Waals surface area contributed by atoms with Crippen LogP contribution < -0.4 is 4.72 Å². The third-order valence-electron chi connectivity index (χ3n) is 6.92. The number of anilines is 1. The van der Waals surface area contributed by atoms with Crippen LogP contribution in [0, 0.1) is 5.92 Å². The number of nitrogens with zero attached hydrogens (tertiary/aromatic N) is 2. The summed E-state index contributed by atoms with van der Waals surface area (Å²) in [5.41, 5.74) is -0.922. The third-order valence-corrected chi connectivity index (χ3v) is 8.55. The lowest BCUT2D eigenvalue weighted by atomic mass is 9.81. The number of piperidine rings is 1. The lowest BCUT2D eigenvalue weighted by Gasteiger charge is -2.38. The van der Waals surface area contributed by atoms with Crippen molar-refractivity contribution in [2.24, 2.45) is 10.9 Å². The minimum absolute atomic E-state index is 0.0408. The molecule has 1 aromatic carbocycles. The van der Waals surface area contributed by atoms with Crippen LogP contribution in [-0.4, -0.2) is 66.5 Å². The molecule has 34 heavy (non-hydrogen) atoms. The summed E-state index contributed by atoms with van der Waals surface area (Å²) in [4.78, 5) is 19.2. The second-order valence-corrected chi connectivity index (χ2v) is 10.9. The van der Waals surface area contributed by atoms with Crippen LogP contribution in [0.1, 0.15) is 43.0 Å². The summed E-state index contributed by atoms with van der Waals surface area (Å²) < 4.78 is 29.0. The Balaban J connectivity index is 1.42. The number of allylic oxidation sites excluding steroid dienone is 3. The molecule has 1 aromatic rings. The molecule has 3 N–H and O–H groups in total. The van der Waals surface area contributed by atoms with Gasteiger partial charge in [0, 0.05) is 43.1 Å². The normalized spacial score (nSPS) is 25.6. The first-order valence-corrected chi connectivity index (χ1v) is 13.0. The van der Waals surface area contributed by atoms with E-state index in [1.165, 1.54) is 0 Å². The van der Waals surface area contributed by atoms with E-state index in [0.29, 0.717) is 50.0 Å². The average molecular weight is 486 g/mol. The van der Waals surface area contributed by atoms with Gasteiger partial charge in [-0.2, -0.15) is 0 Å². The molecule has 2 heterocycles. The molecule has 2 aliphatic heterocycles. The number of fused-ring (bicyclic) bond motifs is 1.